The molecule has 1 fully saturated rings. The van der Waals surface area contributed by atoms with Gasteiger partial charge in [-0.15, -0.1) is 0 Å². The molecule has 1 aliphatic rings. The Morgan fingerprint density at radius 2 is 2.00 bits per heavy atom. The largest absolute Gasteiger partial charge is 0.384 e. The Morgan fingerprint density at radius 3 is 2.50 bits per heavy atom. The maximum absolute atomic E-state index is 7.45. The number of nitrogen functional groups attached to an aromatic ring is 1. The molecular weight excluding hydrogens is 310 g/mol. The van der Waals surface area contributed by atoms with Gasteiger partial charge in [0.25, 0.3) is 0 Å². The second-order valence-electron chi connectivity index (χ2n) is 4.74. The van der Waals surface area contributed by atoms with Crippen LogP contribution in [-0.4, -0.2) is 29.4 Å². The third-order valence-electron chi connectivity index (χ3n) is 3.02. The van der Waals surface area contributed by atoms with Gasteiger partial charge in [0.1, 0.15) is 5.84 Å². The highest BCUT2D eigenvalue weighted by molar-refractivity contribution is 9.10. The first-order chi connectivity index (χ1) is 8.47. The van der Waals surface area contributed by atoms with E-state index in [1.54, 1.807) is 0 Å². The van der Waals surface area contributed by atoms with Crippen molar-refractivity contribution in [2.45, 2.75) is 24.3 Å². The molecule has 0 radical (unpaired) electrons. The van der Waals surface area contributed by atoms with Crippen molar-refractivity contribution in [3.05, 3.63) is 28.2 Å². The lowest BCUT2D eigenvalue weighted by atomic mass is 10.1. The fourth-order valence-corrected chi connectivity index (χ4v) is 4.26. The molecule has 5 heteroatoms. The van der Waals surface area contributed by atoms with Crippen LogP contribution in [0.2, 0.25) is 0 Å². The molecule has 1 aromatic rings. The van der Waals surface area contributed by atoms with E-state index in [9.17, 15) is 0 Å². The Kier molecular flexibility index (Phi) is 4.22. The van der Waals surface area contributed by atoms with E-state index in [0.29, 0.717) is 10.5 Å². The number of nitrogens with two attached hydrogens (primary N) is 1. The zero-order valence-electron chi connectivity index (χ0n) is 10.6. The van der Waals surface area contributed by atoms with E-state index in [2.05, 4.69) is 40.7 Å². The first-order valence-corrected chi connectivity index (χ1v) is 7.75. The highest BCUT2D eigenvalue weighted by atomic mass is 79.9. The number of benzene rings is 1. The van der Waals surface area contributed by atoms with Gasteiger partial charge in [-0.1, -0.05) is 13.8 Å². The van der Waals surface area contributed by atoms with Gasteiger partial charge >= 0.3 is 0 Å². The van der Waals surface area contributed by atoms with E-state index in [-0.39, 0.29) is 5.84 Å². The van der Waals surface area contributed by atoms with Crippen molar-refractivity contribution in [1.29, 1.82) is 5.41 Å². The lowest BCUT2D eigenvalue weighted by molar-refractivity contribution is 0.727. The SMILES string of the molecule is CC1CN(c2ccc(C(=N)N)cc2Br)CC(C)S1. The molecule has 0 aromatic heterocycles. The minimum atomic E-state index is 0.109. The first kappa shape index (κ1) is 13.7. The number of nitrogens with zero attached hydrogens (tertiary/aromatic N) is 1. The van der Waals surface area contributed by atoms with Gasteiger partial charge in [0.05, 0.1) is 5.69 Å². The minimum Gasteiger partial charge on any atom is -0.384 e. The van der Waals surface area contributed by atoms with Crippen LogP contribution in [0.5, 0.6) is 0 Å². The lowest BCUT2D eigenvalue weighted by Gasteiger charge is -2.36. The van der Waals surface area contributed by atoms with Crippen molar-refractivity contribution in [1.82, 2.24) is 0 Å². The fraction of sp³-hybridized carbons (Fsp3) is 0.462. The van der Waals surface area contributed by atoms with Gasteiger partial charge in [-0.05, 0) is 34.1 Å². The molecule has 18 heavy (non-hydrogen) atoms. The van der Waals surface area contributed by atoms with Crippen molar-refractivity contribution in [3.63, 3.8) is 0 Å². The predicted molar refractivity (Wildman–Crippen MR) is 83.9 cm³/mol. The molecule has 0 spiro atoms. The average molecular weight is 328 g/mol. The summed E-state index contributed by atoms with van der Waals surface area (Å²) in [5.74, 6) is 0.109. The van der Waals surface area contributed by atoms with Crippen LogP contribution in [0.25, 0.3) is 0 Å². The zero-order chi connectivity index (χ0) is 13.3. The maximum atomic E-state index is 7.45. The number of hydrogen-bond acceptors (Lipinski definition) is 3. The summed E-state index contributed by atoms with van der Waals surface area (Å²) in [7, 11) is 0. The van der Waals surface area contributed by atoms with Crippen LogP contribution in [-0.2, 0) is 0 Å². The van der Waals surface area contributed by atoms with Crippen molar-refractivity contribution >= 4 is 39.2 Å². The molecule has 3 N–H and O–H groups in total. The van der Waals surface area contributed by atoms with Crippen molar-refractivity contribution in [3.8, 4) is 0 Å². The number of halogens is 1. The summed E-state index contributed by atoms with van der Waals surface area (Å²) in [5, 5.41) is 8.74. The number of amidine groups is 1. The van der Waals surface area contributed by atoms with Crippen LogP contribution < -0.4 is 10.6 Å². The minimum absolute atomic E-state index is 0.109. The van der Waals surface area contributed by atoms with Gasteiger partial charge in [-0.3, -0.25) is 5.41 Å². The molecule has 2 rings (SSSR count). The third-order valence-corrected chi connectivity index (χ3v) is 4.88. The molecule has 0 bridgehead atoms. The predicted octanol–water partition coefficient (Wildman–Crippen LogP) is 3.06. The van der Waals surface area contributed by atoms with E-state index in [1.165, 1.54) is 5.69 Å². The van der Waals surface area contributed by atoms with Crippen molar-refractivity contribution in [2.75, 3.05) is 18.0 Å². The molecule has 2 atom stereocenters. The van der Waals surface area contributed by atoms with Crippen molar-refractivity contribution < 1.29 is 0 Å². The normalized spacial score (nSPS) is 24.1. The van der Waals surface area contributed by atoms with E-state index in [0.717, 1.165) is 23.1 Å². The van der Waals surface area contributed by atoms with Crippen LogP contribution in [0.3, 0.4) is 0 Å². The maximum Gasteiger partial charge on any atom is 0.122 e. The van der Waals surface area contributed by atoms with Crippen LogP contribution >= 0.6 is 27.7 Å². The molecule has 0 amide bonds. The Morgan fingerprint density at radius 1 is 1.39 bits per heavy atom. The smallest absolute Gasteiger partial charge is 0.122 e. The van der Waals surface area contributed by atoms with Gasteiger partial charge < -0.3 is 10.6 Å². The van der Waals surface area contributed by atoms with E-state index < -0.39 is 0 Å². The summed E-state index contributed by atoms with van der Waals surface area (Å²) in [6, 6.07) is 5.89. The molecule has 0 saturated carbocycles. The average Bonchev–Trinajstić information content (AvgIpc) is 2.27. The first-order valence-electron chi connectivity index (χ1n) is 6.01. The molecule has 1 heterocycles. The molecule has 98 valence electrons. The standard InChI is InChI=1S/C13H18BrN3S/c1-8-6-17(7-9(2)18-8)12-4-3-10(13(15)16)5-11(12)14/h3-5,8-9H,6-7H2,1-2H3,(H3,15,16). The summed E-state index contributed by atoms with van der Waals surface area (Å²) in [5.41, 5.74) is 7.46. The number of anilines is 1. The second kappa shape index (κ2) is 5.53. The molecule has 2 unspecified atom stereocenters. The number of nitrogens with one attached hydrogen (secondary N) is 1. The van der Waals surface area contributed by atoms with Crippen LogP contribution in [0.15, 0.2) is 22.7 Å². The van der Waals surface area contributed by atoms with Crippen LogP contribution in [0.4, 0.5) is 5.69 Å². The number of rotatable bonds is 2. The second-order valence-corrected chi connectivity index (χ2v) is 7.48. The quantitative estimate of drug-likeness (QED) is 0.648. The Balaban J connectivity index is 2.25. The molecule has 3 nitrogen and oxygen atoms in total. The van der Waals surface area contributed by atoms with Crippen LogP contribution in [0.1, 0.15) is 19.4 Å². The monoisotopic (exact) mass is 327 g/mol. The molecule has 1 aromatic carbocycles. The summed E-state index contributed by atoms with van der Waals surface area (Å²) in [4.78, 5) is 2.40. The highest BCUT2D eigenvalue weighted by Crippen LogP contribution is 2.33. The highest BCUT2D eigenvalue weighted by Gasteiger charge is 2.23. The summed E-state index contributed by atoms with van der Waals surface area (Å²) >= 11 is 5.63. The van der Waals surface area contributed by atoms with Gasteiger partial charge in [-0.2, -0.15) is 11.8 Å². The molecule has 1 aliphatic heterocycles. The van der Waals surface area contributed by atoms with Gasteiger partial charge in [0, 0.05) is 33.6 Å². The summed E-state index contributed by atoms with van der Waals surface area (Å²) < 4.78 is 1.02. The van der Waals surface area contributed by atoms with Gasteiger partial charge in [-0.25, -0.2) is 0 Å². The molecule has 0 aliphatic carbocycles. The van der Waals surface area contributed by atoms with Gasteiger partial charge in [0.2, 0.25) is 0 Å². The van der Waals surface area contributed by atoms with E-state index in [1.807, 2.05) is 23.9 Å². The zero-order valence-corrected chi connectivity index (χ0v) is 13.0. The van der Waals surface area contributed by atoms with E-state index >= 15 is 0 Å². The van der Waals surface area contributed by atoms with E-state index in [4.69, 9.17) is 11.1 Å². The Hall–Kier alpha value is -0.680. The summed E-state index contributed by atoms with van der Waals surface area (Å²) in [6.45, 7) is 6.66. The Labute approximate surface area is 121 Å². The molecule has 1 saturated heterocycles. The van der Waals surface area contributed by atoms with Crippen molar-refractivity contribution in [2.24, 2.45) is 5.73 Å². The Bertz CT molecular complexity index is 454. The topological polar surface area (TPSA) is 53.1 Å². The lowest BCUT2D eigenvalue weighted by Crippen LogP contribution is -2.40. The summed E-state index contributed by atoms with van der Waals surface area (Å²) in [6.07, 6.45) is 0. The fourth-order valence-electron chi connectivity index (χ4n) is 2.31. The number of hydrogen-bond donors (Lipinski definition) is 2. The van der Waals surface area contributed by atoms with Crippen LogP contribution in [0, 0.1) is 5.41 Å². The van der Waals surface area contributed by atoms with Gasteiger partial charge in [0.15, 0.2) is 0 Å². The third kappa shape index (κ3) is 3.01. The molecular formula is C13H18BrN3S. The number of thioether (sulfide) groups is 1.